The second-order valence-electron chi connectivity index (χ2n) is 7.48. The largest absolute Gasteiger partial charge is 0.469 e. The van der Waals surface area contributed by atoms with Crippen molar-refractivity contribution < 1.29 is 13.9 Å². The highest BCUT2D eigenvalue weighted by atomic mass is 19.1. The number of halogens is 1. The molecule has 0 amide bonds. The molecule has 0 aliphatic heterocycles. The van der Waals surface area contributed by atoms with Gasteiger partial charge in [-0.1, -0.05) is 0 Å². The fourth-order valence-corrected chi connectivity index (χ4v) is 4.24. The van der Waals surface area contributed by atoms with E-state index in [0.29, 0.717) is 53.8 Å². The molecule has 1 fully saturated rings. The van der Waals surface area contributed by atoms with Gasteiger partial charge in [0.15, 0.2) is 5.65 Å². The Bertz CT molecular complexity index is 1320. The van der Waals surface area contributed by atoms with E-state index in [1.54, 1.807) is 21.4 Å². The van der Waals surface area contributed by atoms with Crippen LogP contribution in [0.5, 0.6) is 0 Å². The zero-order valence-electron chi connectivity index (χ0n) is 16.2. The van der Waals surface area contributed by atoms with Gasteiger partial charge < -0.3 is 9.72 Å². The molecule has 154 valence electrons. The summed E-state index contributed by atoms with van der Waals surface area (Å²) < 4.78 is 21.8. The summed E-state index contributed by atoms with van der Waals surface area (Å²) in [5, 5.41) is 0. The van der Waals surface area contributed by atoms with Crippen LogP contribution >= 0.6 is 0 Å². The van der Waals surface area contributed by atoms with Crippen LogP contribution in [0.15, 0.2) is 35.5 Å². The Morgan fingerprint density at radius 3 is 2.80 bits per heavy atom. The third kappa shape index (κ3) is 2.95. The summed E-state index contributed by atoms with van der Waals surface area (Å²) in [7, 11) is 1.39. The molecule has 3 heterocycles. The van der Waals surface area contributed by atoms with Crippen molar-refractivity contribution in [2.75, 3.05) is 7.11 Å². The van der Waals surface area contributed by atoms with Crippen molar-refractivity contribution in [3.8, 4) is 5.95 Å². The van der Waals surface area contributed by atoms with E-state index >= 15 is 0 Å². The molecule has 0 radical (unpaired) electrons. The van der Waals surface area contributed by atoms with E-state index in [4.69, 9.17) is 4.74 Å². The molecule has 1 saturated carbocycles. The maximum Gasteiger partial charge on any atom is 0.327 e. The third-order valence-corrected chi connectivity index (χ3v) is 5.77. The number of imidazole rings is 2. The van der Waals surface area contributed by atoms with Gasteiger partial charge in [-0.25, -0.2) is 19.2 Å². The molecule has 0 bridgehead atoms. The molecule has 1 aliphatic carbocycles. The number of rotatable bonds is 3. The van der Waals surface area contributed by atoms with Crippen molar-refractivity contribution in [1.29, 1.82) is 0 Å². The monoisotopic (exact) mass is 410 g/mol. The first-order chi connectivity index (χ1) is 14.5. The number of H-pyrrole nitrogens is 1. The van der Waals surface area contributed by atoms with Gasteiger partial charge in [0, 0.05) is 12.1 Å². The number of ether oxygens (including phenoxy) is 1. The summed E-state index contributed by atoms with van der Waals surface area (Å²) >= 11 is 0. The zero-order valence-corrected chi connectivity index (χ0v) is 16.2. The molecular weight excluding hydrogens is 391 g/mol. The number of carbonyl (C=O) groups is 1. The van der Waals surface area contributed by atoms with E-state index in [1.807, 2.05) is 0 Å². The molecule has 30 heavy (non-hydrogen) atoms. The van der Waals surface area contributed by atoms with Crippen molar-refractivity contribution in [1.82, 2.24) is 29.1 Å². The molecule has 9 nitrogen and oxygen atoms in total. The van der Waals surface area contributed by atoms with Crippen LogP contribution in [0.25, 0.3) is 28.1 Å². The van der Waals surface area contributed by atoms with Crippen LogP contribution in [0.3, 0.4) is 0 Å². The summed E-state index contributed by atoms with van der Waals surface area (Å²) in [5.74, 6) is -0.425. The maximum absolute atomic E-state index is 13.7. The number of esters is 1. The lowest BCUT2D eigenvalue weighted by Crippen LogP contribution is -2.29. The fourth-order valence-electron chi connectivity index (χ4n) is 4.24. The van der Waals surface area contributed by atoms with E-state index in [1.165, 1.54) is 25.6 Å². The smallest absolute Gasteiger partial charge is 0.327 e. The highest BCUT2D eigenvalue weighted by Crippen LogP contribution is 2.33. The lowest BCUT2D eigenvalue weighted by Gasteiger charge is -2.27. The second kappa shape index (κ2) is 7.05. The van der Waals surface area contributed by atoms with Crippen molar-refractivity contribution >= 4 is 28.2 Å². The first kappa shape index (κ1) is 18.5. The van der Waals surface area contributed by atoms with Gasteiger partial charge in [-0.15, -0.1) is 0 Å². The number of nitrogens with one attached hydrogen (secondary N) is 1. The Hall–Kier alpha value is -3.56. The molecule has 1 aromatic carbocycles. The predicted molar refractivity (Wildman–Crippen MR) is 106 cm³/mol. The number of carbonyl (C=O) groups excluding carboxylic acids is 1. The number of benzene rings is 1. The van der Waals surface area contributed by atoms with Gasteiger partial charge in [-0.2, -0.15) is 4.98 Å². The Morgan fingerprint density at radius 1 is 1.23 bits per heavy atom. The summed E-state index contributed by atoms with van der Waals surface area (Å²) in [6, 6.07) is 4.23. The van der Waals surface area contributed by atoms with E-state index in [-0.39, 0.29) is 29.4 Å². The zero-order chi connectivity index (χ0) is 20.8. The number of aromatic amines is 1. The van der Waals surface area contributed by atoms with Gasteiger partial charge in [0.2, 0.25) is 5.95 Å². The van der Waals surface area contributed by atoms with E-state index in [2.05, 4.69) is 19.9 Å². The van der Waals surface area contributed by atoms with Gasteiger partial charge in [0.25, 0.3) is 0 Å². The summed E-state index contributed by atoms with van der Waals surface area (Å²) in [6.07, 6.45) is 5.72. The number of nitrogens with zero attached hydrogens (tertiary/aromatic N) is 5. The highest BCUT2D eigenvalue weighted by molar-refractivity contribution is 5.77. The maximum atomic E-state index is 13.7. The van der Waals surface area contributed by atoms with Gasteiger partial charge in [-0.3, -0.25) is 13.9 Å². The summed E-state index contributed by atoms with van der Waals surface area (Å²) in [4.78, 5) is 40.4. The fraction of sp³-hybridized carbons (Fsp3) is 0.350. The van der Waals surface area contributed by atoms with E-state index < -0.39 is 0 Å². The minimum atomic E-state index is -0.383. The van der Waals surface area contributed by atoms with Crippen LogP contribution < -0.4 is 5.69 Å². The van der Waals surface area contributed by atoms with Gasteiger partial charge in [-0.05, 0) is 37.8 Å². The number of hydrogen-bond acceptors (Lipinski definition) is 6. The van der Waals surface area contributed by atoms with E-state index in [9.17, 15) is 14.0 Å². The number of aromatic nitrogens is 6. The van der Waals surface area contributed by atoms with Crippen molar-refractivity contribution in [3.63, 3.8) is 0 Å². The molecule has 0 atom stereocenters. The Kier molecular flexibility index (Phi) is 4.34. The lowest BCUT2D eigenvalue weighted by molar-refractivity contribution is -0.146. The first-order valence-corrected chi connectivity index (χ1v) is 9.73. The number of fused-ring (bicyclic) bond motifs is 2. The standard InChI is InChI=1S/C20H19FN6O3/c1-30-18(28)11-2-5-13(6-3-11)27-17-15(24-20(27)29)9-22-19(25-17)26-10-23-14-7-4-12(21)8-16(14)26/h4,7-11,13H,2-3,5-6H2,1H3,(H,24,29). The number of hydrogen-bond donors (Lipinski definition) is 1. The minimum Gasteiger partial charge on any atom is -0.469 e. The van der Waals surface area contributed by atoms with Crippen molar-refractivity contribution in [2.45, 2.75) is 31.7 Å². The molecule has 5 rings (SSSR count). The normalized spacial score (nSPS) is 19.4. The molecular formula is C20H19FN6O3. The van der Waals surface area contributed by atoms with Crippen LogP contribution in [0.1, 0.15) is 31.7 Å². The third-order valence-electron chi connectivity index (χ3n) is 5.77. The average molecular weight is 410 g/mol. The van der Waals surface area contributed by atoms with Crippen LogP contribution in [0.2, 0.25) is 0 Å². The van der Waals surface area contributed by atoms with Crippen molar-refractivity contribution in [3.05, 3.63) is 47.0 Å². The molecule has 0 unspecified atom stereocenters. The second-order valence-corrected chi connectivity index (χ2v) is 7.48. The van der Waals surface area contributed by atoms with Crippen LogP contribution in [-0.4, -0.2) is 42.1 Å². The van der Waals surface area contributed by atoms with E-state index in [0.717, 1.165) is 0 Å². The van der Waals surface area contributed by atoms with Gasteiger partial charge in [0.05, 0.1) is 30.3 Å². The molecule has 1 aliphatic rings. The average Bonchev–Trinajstić information content (AvgIpc) is 3.32. The van der Waals surface area contributed by atoms with Crippen LogP contribution in [-0.2, 0) is 9.53 Å². The Labute approximate surface area is 169 Å². The molecule has 1 N–H and O–H groups in total. The summed E-state index contributed by atoms with van der Waals surface area (Å²) in [6.45, 7) is 0. The first-order valence-electron chi connectivity index (χ1n) is 9.73. The van der Waals surface area contributed by atoms with Gasteiger partial charge in [0.1, 0.15) is 17.7 Å². The molecule has 4 aromatic rings. The summed E-state index contributed by atoms with van der Waals surface area (Å²) in [5.41, 5.74) is 1.89. The quantitative estimate of drug-likeness (QED) is 0.520. The minimum absolute atomic E-state index is 0.0770. The predicted octanol–water partition coefficient (Wildman–Crippen LogP) is 2.50. The molecule has 10 heteroatoms. The SMILES string of the molecule is COC(=O)C1CCC(n2c(=O)[nH]c3cnc(-n4cnc5ccc(F)cc54)nc32)CC1. The van der Waals surface area contributed by atoms with Crippen LogP contribution in [0, 0.1) is 11.7 Å². The molecule has 0 saturated heterocycles. The molecule has 0 spiro atoms. The Morgan fingerprint density at radius 2 is 2.03 bits per heavy atom. The molecule has 3 aromatic heterocycles. The lowest BCUT2D eigenvalue weighted by atomic mass is 9.86. The topological polar surface area (TPSA) is 108 Å². The van der Waals surface area contributed by atoms with Gasteiger partial charge >= 0.3 is 11.7 Å². The highest BCUT2D eigenvalue weighted by Gasteiger charge is 2.29. The Balaban J connectivity index is 1.54. The number of methoxy groups -OCH3 is 1. The van der Waals surface area contributed by atoms with Crippen LogP contribution in [0.4, 0.5) is 4.39 Å². The van der Waals surface area contributed by atoms with Crippen molar-refractivity contribution in [2.24, 2.45) is 5.92 Å².